The van der Waals surface area contributed by atoms with Crippen LogP contribution < -0.4 is 14.8 Å². The van der Waals surface area contributed by atoms with Crippen LogP contribution in [0.4, 0.5) is 5.69 Å². The summed E-state index contributed by atoms with van der Waals surface area (Å²) in [5, 5.41) is 3.86. The Morgan fingerprint density at radius 3 is 2.62 bits per heavy atom. The summed E-state index contributed by atoms with van der Waals surface area (Å²) in [5.74, 6) is 1.69. The molecule has 0 fully saturated rings. The number of halogens is 2. The third kappa shape index (κ3) is 5.33. The van der Waals surface area contributed by atoms with Gasteiger partial charge in [0, 0.05) is 28.8 Å². The van der Waals surface area contributed by atoms with Crippen molar-refractivity contribution in [2.24, 2.45) is 0 Å². The second-order valence-corrected chi connectivity index (χ2v) is 7.85. The van der Waals surface area contributed by atoms with Gasteiger partial charge in [0.1, 0.15) is 17.0 Å². The third-order valence-electron chi connectivity index (χ3n) is 4.71. The number of rotatable bonds is 8. The van der Waals surface area contributed by atoms with Crippen molar-refractivity contribution in [1.29, 1.82) is 0 Å². The van der Waals surface area contributed by atoms with Crippen molar-refractivity contribution >= 4 is 45.9 Å². The van der Waals surface area contributed by atoms with Crippen molar-refractivity contribution in [3.05, 3.63) is 70.7 Å². The number of fused-ring (bicyclic) bond motifs is 1. The van der Waals surface area contributed by atoms with Crippen LogP contribution in [-0.4, -0.2) is 24.6 Å². The van der Waals surface area contributed by atoms with Crippen LogP contribution in [0.25, 0.3) is 22.6 Å². The molecule has 3 aromatic carbocycles. The van der Waals surface area contributed by atoms with Gasteiger partial charge >= 0.3 is 0 Å². The summed E-state index contributed by atoms with van der Waals surface area (Å²) in [5.41, 5.74) is 2.78. The third-order valence-corrected chi connectivity index (χ3v) is 5.24. The number of benzene rings is 3. The van der Waals surface area contributed by atoms with Gasteiger partial charge < -0.3 is 19.2 Å². The molecule has 1 N–H and O–H groups in total. The standard InChI is InChI=1S/C24H20Cl2N2O4/c1-30-18-8-4-15(5-9-18)24-28-20-10-7-17(14-22(20)32-24)27-23(29)3-2-12-31-21-11-6-16(25)13-19(21)26/h4-11,13-14H,2-3,12H2,1H3,(H,27,29). The van der Waals surface area contributed by atoms with E-state index in [0.29, 0.717) is 57.9 Å². The summed E-state index contributed by atoms with van der Waals surface area (Å²) < 4.78 is 16.7. The van der Waals surface area contributed by atoms with Crippen molar-refractivity contribution in [3.63, 3.8) is 0 Å². The van der Waals surface area contributed by atoms with E-state index in [1.54, 1.807) is 37.4 Å². The van der Waals surface area contributed by atoms with Crippen LogP contribution in [0.5, 0.6) is 11.5 Å². The quantitative estimate of drug-likeness (QED) is 0.293. The maximum Gasteiger partial charge on any atom is 0.227 e. The van der Waals surface area contributed by atoms with Crippen molar-refractivity contribution in [2.45, 2.75) is 12.8 Å². The summed E-state index contributed by atoms with van der Waals surface area (Å²) in [6, 6.07) is 17.9. The van der Waals surface area contributed by atoms with Crippen LogP contribution >= 0.6 is 23.2 Å². The first-order chi connectivity index (χ1) is 15.5. The molecule has 1 aromatic heterocycles. The fourth-order valence-electron chi connectivity index (χ4n) is 3.09. The zero-order valence-corrected chi connectivity index (χ0v) is 18.7. The molecule has 0 atom stereocenters. The molecule has 32 heavy (non-hydrogen) atoms. The van der Waals surface area contributed by atoms with E-state index >= 15 is 0 Å². The van der Waals surface area contributed by atoms with E-state index in [0.717, 1.165) is 11.3 Å². The summed E-state index contributed by atoms with van der Waals surface area (Å²) in [4.78, 5) is 16.8. The monoisotopic (exact) mass is 470 g/mol. The van der Waals surface area contributed by atoms with Crippen LogP contribution in [0.2, 0.25) is 10.0 Å². The van der Waals surface area contributed by atoms with Crippen molar-refractivity contribution < 1.29 is 18.7 Å². The normalized spacial score (nSPS) is 10.8. The Kier molecular flexibility index (Phi) is 6.83. The van der Waals surface area contributed by atoms with Gasteiger partial charge in [0.05, 0.1) is 18.7 Å². The highest BCUT2D eigenvalue weighted by molar-refractivity contribution is 6.35. The van der Waals surface area contributed by atoms with E-state index < -0.39 is 0 Å². The van der Waals surface area contributed by atoms with Gasteiger partial charge in [0.15, 0.2) is 5.58 Å². The number of hydrogen-bond acceptors (Lipinski definition) is 5. The number of carbonyl (C=O) groups is 1. The molecule has 0 aliphatic heterocycles. The van der Waals surface area contributed by atoms with Gasteiger partial charge in [-0.05, 0) is 61.0 Å². The zero-order chi connectivity index (χ0) is 22.5. The molecule has 8 heteroatoms. The molecule has 0 bridgehead atoms. The lowest BCUT2D eigenvalue weighted by molar-refractivity contribution is -0.116. The van der Waals surface area contributed by atoms with Gasteiger partial charge in [-0.2, -0.15) is 0 Å². The lowest BCUT2D eigenvalue weighted by Gasteiger charge is -2.08. The first kappa shape index (κ1) is 22.0. The minimum Gasteiger partial charge on any atom is -0.497 e. The predicted molar refractivity (Wildman–Crippen MR) is 126 cm³/mol. The van der Waals surface area contributed by atoms with Crippen molar-refractivity contribution in [3.8, 4) is 23.0 Å². The molecule has 1 amide bonds. The smallest absolute Gasteiger partial charge is 0.227 e. The number of nitrogens with zero attached hydrogens (tertiary/aromatic N) is 1. The molecular weight excluding hydrogens is 451 g/mol. The molecule has 164 valence electrons. The maximum absolute atomic E-state index is 12.3. The largest absolute Gasteiger partial charge is 0.497 e. The minimum absolute atomic E-state index is 0.120. The molecule has 0 aliphatic rings. The average molecular weight is 471 g/mol. The highest BCUT2D eigenvalue weighted by Crippen LogP contribution is 2.29. The first-order valence-corrected chi connectivity index (χ1v) is 10.7. The molecular formula is C24H20Cl2N2O4. The Morgan fingerprint density at radius 2 is 1.88 bits per heavy atom. The average Bonchev–Trinajstić information content (AvgIpc) is 3.21. The second-order valence-electron chi connectivity index (χ2n) is 7.00. The molecule has 4 rings (SSSR count). The summed E-state index contributed by atoms with van der Waals surface area (Å²) >= 11 is 11.9. The SMILES string of the molecule is COc1ccc(-c2nc3ccc(NC(=O)CCCOc4ccc(Cl)cc4Cl)cc3o2)cc1. The molecule has 0 unspecified atom stereocenters. The predicted octanol–water partition coefficient (Wildman–Crippen LogP) is 6.61. The highest BCUT2D eigenvalue weighted by atomic mass is 35.5. The van der Waals surface area contributed by atoms with Gasteiger partial charge in [-0.25, -0.2) is 4.98 Å². The molecule has 0 aliphatic carbocycles. The Labute approximate surface area is 195 Å². The zero-order valence-electron chi connectivity index (χ0n) is 17.2. The van der Waals surface area contributed by atoms with E-state index in [1.165, 1.54) is 0 Å². The van der Waals surface area contributed by atoms with Crippen LogP contribution in [0.15, 0.2) is 65.1 Å². The summed E-state index contributed by atoms with van der Waals surface area (Å²) in [6.45, 7) is 0.362. The molecule has 0 saturated carbocycles. The molecule has 1 heterocycles. The lowest BCUT2D eigenvalue weighted by atomic mass is 10.2. The molecule has 0 spiro atoms. The Hall–Kier alpha value is -3.22. The second kappa shape index (κ2) is 9.94. The molecule has 6 nitrogen and oxygen atoms in total. The fourth-order valence-corrected chi connectivity index (χ4v) is 3.55. The number of oxazole rings is 1. The molecule has 4 aromatic rings. The van der Waals surface area contributed by atoms with Gasteiger partial charge in [0.25, 0.3) is 0 Å². The lowest BCUT2D eigenvalue weighted by Crippen LogP contribution is -2.12. The van der Waals surface area contributed by atoms with Gasteiger partial charge in [-0.1, -0.05) is 23.2 Å². The van der Waals surface area contributed by atoms with E-state index in [-0.39, 0.29) is 5.91 Å². The molecule has 0 saturated heterocycles. The van der Waals surface area contributed by atoms with Crippen molar-refractivity contribution in [2.75, 3.05) is 19.0 Å². The number of methoxy groups -OCH3 is 1. The summed E-state index contributed by atoms with van der Waals surface area (Å²) in [6.07, 6.45) is 0.841. The molecule has 0 radical (unpaired) electrons. The number of amides is 1. The van der Waals surface area contributed by atoms with Crippen LogP contribution in [0.3, 0.4) is 0 Å². The van der Waals surface area contributed by atoms with Gasteiger partial charge in [-0.3, -0.25) is 4.79 Å². The first-order valence-electron chi connectivity index (χ1n) is 9.94. The number of carbonyl (C=O) groups excluding carboxylic acids is 1. The Bertz CT molecular complexity index is 1240. The van der Waals surface area contributed by atoms with Crippen molar-refractivity contribution in [1.82, 2.24) is 4.98 Å². The van der Waals surface area contributed by atoms with Gasteiger partial charge in [0.2, 0.25) is 11.8 Å². The van der Waals surface area contributed by atoms with Crippen LogP contribution in [0, 0.1) is 0 Å². The highest BCUT2D eigenvalue weighted by Gasteiger charge is 2.11. The Balaban J connectivity index is 1.32. The van der Waals surface area contributed by atoms with Crippen LogP contribution in [-0.2, 0) is 4.79 Å². The maximum atomic E-state index is 12.3. The number of hydrogen-bond donors (Lipinski definition) is 1. The topological polar surface area (TPSA) is 73.6 Å². The Morgan fingerprint density at radius 1 is 1.06 bits per heavy atom. The van der Waals surface area contributed by atoms with Gasteiger partial charge in [-0.15, -0.1) is 0 Å². The summed E-state index contributed by atoms with van der Waals surface area (Å²) in [7, 11) is 1.62. The number of ether oxygens (including phenoxy) is 2. The number of aromatic nitrogens is 1. The van der Waals surface area contributed by atoms with Crippen LogP contribution in [0.1, 0.15) is 12.8 Å². The van der Waals surface area contributed by atoms with E-state index in [2.05, 4.69) is 10.3 Å². The van der Waals surface area contributed by atoms with E-state index in [1.807, 2.05) is 30.3 Å². The minimum atomic E-state index is -0.120. The van der Waals surface area contributed by atoms with E-state index in [9.17, 15) is 4.79 Å². The number of anilines is 1. The van der Waals surface area contributed by atoms with E-state index in [4.69, 9.17) is 37.1 Å². The fraction of sp³-hybridized carbons (Fsp3) is 0.167. The number of nitrogens with one attached hydrogen (secondary N) is 1.